The summed E-state index contributed by atoms with van der Waals surface area (Å²) in [7, 11) is 5.45. The Labute approximate surface area is 113 Å². The number of ether oxygens (including phenoxy) is 1. The van der Waals surface area contributed by atoms with Crippen LogP contribution >= 0.6 is 0 Å². The molecule has 0 spiro atoms. The Morgan fingerprint density at radius 3 is 2.68 bits per heavy atom. The Hall–Kier alpha value is -2.01. The highest BCUT2D eigenvalue weighted by atomic mass is 16.5. The average Bonchev–Trinajstić information content (AvgIpc) is 2.71. The Morgan fingerprint density at radius 1 is 1.37 bits per heavy atom. The van der Waals surface area contributed by atoms with Gasteiger partial charge in [0.2, 0.25) is 0 Å². The molecule has 0 saturated carbocycles. The molecule has 2 aromatic rings. The van der Waals surface area contributed by atoms with E-state index in [1.54, 1.807) is 11.8 Å². The van der Waals surface area contributed by atoms with E-state index in [4.69, 9.17) is 4.74 Å². The molecule has 0 amide bonds. The van der Waals surface area contributed by atoms with Gasteiger partial charge in [0.1, 0.15) is 11.6 Å². The fourth-order valence-corrected chi connectivity index (χ4v) is 2.32. The topological polar surface area (TPSA) is 50.5 Å². The summed E-state index contributed by atoms with van der Waals surface area (Å²) in [6.45, 7) is 1.86. The fraction of sp³-hybridized carbons (Fsp3) is 0.357. The molecule has 0 aliphatic heterocycles. The smallest absolute Gasteiger partial charge is 0.142 e. The molecule has 0 radical (unpaired) electrons. The number of aliphatic hydroxyl groups excluding tert-OH is 1. The molecule has 2 rings (SSSR count). The zero-order valence-electron chi connectivity index (χ0n) is 11.7. The number of anilines is 2. The van der Waals surface area contributed by atoms with Crippen LogP contribution in [0.4, 0.5) is 11.5 Å². The van der Waals surface area contributed by atoms with Crippen molar-refractivity contribution in [3.05, 3.63) is 35.5 Å². The van der Waals surface area contributed by atoms with Crippen molar-refractivity contribution in [2.24, 2.45) is 7.05 Å². The lowest BCUT2D eigenvalue weighted by atomic mass is 10.2. The summed E-state index contributed by atoms with van der Waals surface area (Å²) < 4.78 is 7.15. The standard InChI is InChI=1S/C14H19N3O2/c1-10-11(9-18)14(17(3)15-10)16(2)12-7-5-6-8-13(12)19-4/h5-8,18H,9H2,1-4H3. The number of aryl methyl sites for hydroxylation is 2. The zero-order valence-corrected chi connectivity index (χ0v) is 11.7. The number of para-hydroxylation sites is 2. The van der Waals surface area contributed by atoms with Crippen LogP contribution in [0.5, 0.6) is 5.75 Å². The molecule has 0 atom stereocenters. The maximum absolute atomic E-state index is 9.52. The zero-order chi connectivity index (χ0) is 14.0. The van der Waals surface area contributed by atoms with Crippen molar-refractivity contribution in [1.82, 2.24) is 9.78 Å². The molecule has 1 aromatic carbocycles. The van der Waals surface area contributed by atoms with Crippen LogP contribution in [-0.2, 0) is 13.7 Å². The van der Waals surface area contributed by atoms with Gasteiger partial charge >= 0.3 is 0 Å². The van der Waals surface area contributed by atoms with Crippen molar-refractivity contribution < 1.29 is 9.84 Å². The van der Waals surface area contributed by atoms with E-state index in [0.29, 0.717) is 0 Å². The number of hydrogen-bond acceptors (Lipinski definition) is 4. The van der Waals surface area contributed by atoms with E-state index < -0.39 is 0 Å². The van der Waals surface area contributed by atoms with Gasteiger partial charge in [-0.25, -0.2) is 0 Å². The van der Waals surface area contributed by atoms with Crippen LogP contribution in [-0.4, -0.2) is 29.0 Å². The van der Waals surface area contributed by atoms with Crippen molar-refractivity contribution in [1.29, 1.82) is 0 Å². The minimum Gasteiger partial charge on any atom is -0.495 e. The van der Waals surface area contributed by atoms with Gasteiger partial charge in [-0.2, -0.15) is 5.10 Å². The average molecular weight is 261 g/mol. The molecule has 0 bridgehead atoms. The normalized spacial score (nSPS) is 10.6. The van der Waals surface area contributed by atoms with Gasteiger partial charge in [-0.15, -0.1) is 0 Å². The molecule has 19 heavy (non-hydrogen) atoms. The molecule has 5 heteroatoms. The lowest BCUT2D eigenvalue weighted by Crippen LogP contribution is -2.16. The molecule has 0 fully saturated rings. The van der Waals surface area contributed by atoms with E-state index in [1.807, 2.05) is 50.2 Å². The number of nitrogens with zero attached hydrogens (tertiary/aromatic N) is 3. The van der Waals surface area contributed by atoms with Crippen LogP contribution < -0.4 is 9.64 Å². The van der Waals surface area contributed by atoms with Crippen LogP contribution in [0.1, 0.15) is 11.3 Å². The number of methoxy groups -OCH3 is 1. The summed E-state index contributed by atoms with van der Waals surface area (Å²) in [4.78, 5) is 1.98. The van der Waals surface area contributed by atoms with Gasteiger partial charge in [-0.05, 0) is 19.1 Å². The van der Waals surface area contributed by atoms with Crippen LogP contribution in [0.3, 0.4) is 0 Å². The Balaban J connectivity index is 2.52. The Bertz CT molecular complexity index is 578. The third-order valence-corrected chi connectivity index (χ3v) is 3.24. The molecule has 5 nitrogen and oxygen atoms in total. The first-order valence-electron chi connectivity index (χ1n) is 6.10. The molecule has 0 aliphatic carbocycles. The van der Waals surface area contributed by atoms with Crippen molar-refractivity contribution in [2.75, 3.05) is 19.1 Å². The SMILES string of the molecule is COc1ccccc1N(C)c1c(CO)c(C)nn1C. The van der Waals surface area contributed by atoms with Gasteiger partial charge in [0.05, 0.1) is 25.1 Å². The number of rotatable bonds is 4. The van der Waals surface area contributed by atoms with Gasteiger partial charge in [-0.1, -0.05) is 12.1 Å². The molecule has 0 saturated heterocycles. The first kappa shape index (κ1) is 13.4. The van der Waals surface area contributed by atoms with Crippen LogP contribution in [0.15, 0.2) is 24.3 Å². The largest absolute Gasteiger partial charge is 0.495 e. The van der Waals surface area contributed by atoms with E-state index in [2.05, 4.69) is 5.10 Å². The molecule has 0 aliphatic rings. The highest BCUT2D eigenvalue weighted by Crippen LogP contribution is 2.34. The van der Waals surface area contributed by atoms with Crippen molar-refractivity contribution in [3.8, 4) is 5.75 Å². The third-order valence-electron chi connectivity index (χ3n) is 3.24. The monoisotopic (exact) mass is 261 g/mol. The summed E-state index contributed by atoms with van der Waals surface area (Å²) in [5, 5.41) is 13.9. The molecule has 0 unspecified atom stereocenters. The maximum atomic E-state index is 9.52. The van der Waals surface area contributed by atoms with Crippen molar-refractivity contribution in [3.63, 3.8) is 0 Å². The maximum Gasteiger partial charge on any atom is 0.142 e. The molecule has 1 N–H and O–H groups in total. The van der Waals surface area contributed by atoms with Gasteiger partial charge in [0.25, 0.3) is 0 Å². The first-order chi connectivity index (χ1) is 9.10. The van der Waals surface area contributed by atoms with Crippen LogP contribution in [0.2, 0.25) is 0 Å². The number of hydrogen-bond donors (Lipinski definition) is 1. The predicted molar refractivity (Wildman–Crippen MR) is 74.9 cm³/mol. The van der Waals surface area contributed by atoms with E-state index in [1.165, 1.54) is 0 Å². The third kappa shape index (κ3) is 2.29. The highest BCUT2D eigenvalue weighted by Gasteiger charge is 2.19. The summed E-state index contributed by atoms with van der Waals surface area (Å²) in [6, 6.07) is 7.77. The van der Waals surface area contributed by atoms with Crippen LogP contribution in [0, 0.1) is 6.92 Å². The Kier molecular flexibility index (Phi) is 3.76. The van der Waals surface area contributed by atoms with Gasteiger partial charge < -0.3 is 14.7 Å². The van der Waals surface area contributed by atoms with Crippen molar-refractivity contribution >= 4 is 11.5 Å². The first-order valence-corrected chi connectivity index (χ1v) is 6.10. The summed E-state index contributed by atoms with van der Waals surface area (Å²) in [5.41, 5.74) is 2.60. The number of aromatic nitrogens is 2. The second-order valence-corrected chi connectivity index (χ2v) is 4.40. The van der Waals surface area contributed by atoms with E-state index >= 15 is 0 Å². The van der Waals surface area contributed by atoms with E-state index in [-0.39, 0.29) is 6.61 Å². The fourth-order valence-electron chi connectivity index (χ4n) is 2.32. The second-order valence-electron chi connectivity index (χ2n) is 4.40. The molecule has 1 aromatic heterocycles. The summed E-state index contributed by atoms with van der Waals surface area (Å²) in [6.07, 6.45) is 0. The summed E-state index contributed by atoms with van der Waals surface area (Å²) >= 11 is 0. The lowest BCUT2D eigenvalue weighted by Gasteiger charge is -2.22. The van der Waals surface area contributed by atoms with E-state index in [9.17, 15) is 5.11 Å². The molecular weight excluding hydrogens is 242 g/mol. The highest BCUT2D eigenvalue weighted by molar-refractivity contribution is 5.69. The van der Waals surface area contributed by atoms with Crippen LogP contribution in [0.25, 0.3) is 0 Å². The van der Waals surface area contributed by atoms with Gasteiger partial charge in [-0.3, -0.25) is 4.68 Å². The number of aliphatic hydroxyl groups is 1. The molecule has 1 heterocycles. The molecular formula is C14H19N3O2. The minimum atomic E-state index is -0.0332. The predicted octanol–water partition coefficient (Wildman–Crippen LogP) is 2.00. The Morgan fingerprint density at radius 2 is 2.05 bits per heavy atom. The second kappa shape index (κ2) is 5.32. The molecule has 102 valence electrons. The quantitative estimate of drug-likeness (QED) is 0.914. The lowest BCUT2D eigenvalue weighted by molar-refractivity contribution is 0.281. The minimum absolute atomic E-state index is 0.0332. The summed E-state index contributed by atoms with van der Waals surface area (Å²) in [5.74, 6) is 1.65. The number of benzene rings is 1. The van der Waals surface area contributed by atoms with Crippen molar-refractivity contribution in [2.45, 2.75) is 13.5 Å². The van der Waals surface area contributed by atoms with Gasteiger partial charge in [0.15, 0.2) is 0 Å². The van der Waals surface area contributed by atoms with Gasteiger partial charge in [0, 0.05) is 19.7 Å². The van der Waals surface area contributed by atoms with E-state index in [0.717, 1.165) is 28.5 Å².